The first kappa shape index (κ1) is 16.2. The fraction of sp³-hybridized carbons (Fsp3) is 0.231. The number of para-hydroxylation sites is 1. The van der Waals surface area contributed by atoms with Crippen molar-refractivity contribution in [3.05, 3.63) is 29.8 Å². The number of carbonyl (C=O) groups is 2. The summed E-state index contributed by atoms with van der Waals surface area (Å²) < 4.78 is 5.57. The topological polar surface area (TPSA) is 107 Å². The maximum absolute atomic E-state index is 12.0. The summed E-state index contributed by atoms with van der Waals surface area (Å²) in [5.74, 6) is -0.579. The molecule has 0 unspecified atom stereocenters. The van der Waals surface area contributed by atoms with E-state index < -0.39 is 5.97 Å². The van der Waals surface area contributed by atoms with Crippen LogP contribution in [-0.2, 0) is 9.53 Å². The molecule has 0 bridgehead atoms. The first-order valence-electron chi connectivity index (χ1n) is 6.38. The molecule has 116 valence electrons. The monoisotopic (exact) mass is 338 g/mol. The SMILES string of the molecule is CCOC(=O)c1ccccc1NC(=O)CSc1nnc(N)s1. The number of nitrogens with zero attached hydrogens (tertiary/aromatic N) is 2. The molecule has 0 aliphatic heterocycles. The standard InChI is InChI=1S/C13H14N4O3S2/c1-2-20-11(19)8-5-3-4-6-9(8)15-10(18)7-21-13-17-16-12(14)22-13/h3-6H,2,7H2,1H3,(H2,14,16)(H,15,18). The molecule has 0 aliphatic rings. The number of nitrogens with one attached hydrogen (secondary N) is 1. The lowest BCUT2D eigenvalue weighted by molar-refractivity contribution is -0.113. The molecule has 0 spiro atoms. The second kappa shape index (κ2) is 7.76. The molecule has 0 saturated heterocycles. The molecule has 0 saturated carbocycles. The van der Waals surface area contributed by atoms with Gasteiger partial charge in [0.05, 0.1) is 23.6 Å². The van der Waals surface area contributed by atoms with Crippen LogP contribution in [0.5, 0.6) is 0 Å². The van der Waals surface area contributed by atoms with Crippen LogP contribution < -0.4 is 11.1 Å². The lowest BCUT2D eigenvalue weighted by Gasteiger charge is -2.09. The molecule has 0 aliphatic carbocycles. The molecule has 2 rings (SSSR count). The van der Waals surface area contributed by atoms with Gasteiger partial charge < -0.3 is 15.8 Å². The van der Waals surface area contributed by atoms with E-state index in [1.165, 1.54) is 23.1 Å². The minimum atomic E-state index is -0.469. The predicted octanol–water partition coefficient (Wildman–Crippen LogP) is 2.03. The number of hydrogen-bond acceptors (Lipinski definition) is 8. The summed E-state index contributed by atoms with van der Waals surface area (Å²) in [6, 6.07) is 6.70. The number of esters is 1. The minimum Gasteiger partial charge on any atom is -0.462 e. The molecule has 3 N–H and O–H groups in total. The molecule has 0 atom stereocenters. The first-order valence-corrected chi connectivity index (χ1v) is 8.18. The van der Waals surface area contributed by atoms with Crippen LogP contribution in [0, 0.1) is 0 Å². The van der Waals surface area contributed by atoms with Crippen molar-refractivity contribution in [1.82, 2.24) is 10.2 Å². The molecule has 2 aromatic rings. The number of aromatic nitrogens is 2. The molecule has 1 heterocycles. The number of carbonyl (C=O) groups excluding carboxylic acids is 2. The fourth-order valence-electron chi connectivity index (χ4n) is 1.57. The van der Waals surface area contributed by atoms with Gasteiger partial charge in [-0.3, -0.25) is 4.79 Å². The third-order valence-electron chi connectivity index (χ3n) is 2.45. The van der Waals surface area contributed by atoms with Crippen molar-refractivity contribution in [3.8, 4) is 0 Å². The van der Waals surface area contributed by atoms with Gasteiger partial charge >= 0.3 is 5.97 Å². The number of thioether (sulfide) groups is 1. The summed E-state index contributed by atoms with van der Waals surface area (Å²) in [7, 11) is 0. The maximum atomic E-state index is 12.0. The molecule has 0 fully saturated rings. The molecular formula is C13H14N4O3S2. The van der Waals surface area contributed by atoms with E-state index in [2.05, 4.69) is 15.5 Å². The number of nitrogen functional groups attached to an aromatic ring is 1. The van der Waals surface area contributed by atoms with Crippen molar-refractivity contribution in [3.63, 3.8) is 0 Å². The highest BCUT2D eigenvalue weighted by molar-refractivity contribution is 8.01. The van der Waals surface area contributed by atoms with Gasteiger partial charge in [0.25, 0.3) is 0 Å². The lowest BCUT2D eigenvalue weighted by Crippen LogP contribution is -2.17. The van der Waals surface area contributed by atoms with E-state index in [9.17, 15) is 9.59 Å². The van der Waals surface area contributed by atoms with E-state index in [4.69, 9.17) is 10.5 Å². The van der Waals surface area contributed by atoms with E-state index in [1.807, 2.05) is 0 Å². The number of nitrogens with two attached hydrogens (primary N) is 1. The van der Waals surface area contributed by atoms with Crippen molar-refractivity contribution in [2.75, 3.05) is 23.4 Å². The summed E-state index contributed by atoms with van der Waals surface area (Å²) in [4.78, 5) is 23.8. The molecule has 7 nitrogen and oxygen atoms in total. The van der Waals surface area contributed by atoms with E-state index in [-0.39, 0.29) is 18.3 Å². The zero-order valence-corrected chi connectivity index (χ0v) is 13.4. The molecule has 1 aromatic carbocycles. The van der Waals surface area contributed by atoms with Gasteiger partial charge in [0, 0.05) is 0 Å². The Bertz CT molecular complexity index is 675. The highest BCUT2D eigenvalue weighted by atomic mass is 32.2. The average molecular weight is 338 g/mol. The van der Waals surface area contributed by atoms with Crippen LogP contribution in [-0.4, -0.2) is 34.4 Å². The predicted molar refractivity (Wildman–Crippen MR) is 86.1 cm³/mol. The van der Waals surface area contributed by atoms with E-state index in [0.29, 0.717) is 20.7 Å². The normalized spacial score (nSPS) is 10.2. The van der Waals surface area contributed by atoms with Crippen molar-refractivity contribution in [2.24, 2.45) is 0 Å². The highest BCUT2D eigenvalue weighted by Gasteiger charge is 2.14. The van der Waals surface area contributed by atoms with Crippen LogP contribution in [0.2, 0.25) is 0 Å². The van der Waals surface area contributed by atoms with Crippen LogP contribution in [0.3, 0.4) is 0 Å². The van der Waals surface area contributed by atoms with Gasteiger partial charge in [0.2, 0.25) is 11.0 Å². The molecule has 1 amide bonds. The second-order valence-electron chi connectivity index (χ2n) is 4.01. The van der Waals surface area contributed by atoms with Crippen molar-refractivity contribution < 1.29 is 14.3 Å². The number of ether oxygens (including phenoxy) is 1. The van der Waals surface area contributed by atoms with Gasteiger partial charge in [0.15, 0.2) is 4.34 Å². The van der Waals surface area contributed by atoms with Crippen LogP contribution >= 0.6 is 23.1 Å². The van der Waals surface area contributed by atoms with Crippen molar-refractivity contribution >= 4 is 45.8 Å². The first-order chi connectivity index (χ1) is 10.6. The zero-order chi connectivity index (χ0) is 15.9. The Morgan fingerprint density at radius 1 is 1.36 bits per heavy atom. The zero-order valence-electron chi connectivity index (χ0n) is 11.7. The van der Waals surface area contributed by atoms with Crippen molar-refractivity contribution in [2.45, 2.75) is 11.3 Å². The summed E-state index contributed by atoms with van der Waals surface area (Å²) in [5.41, 5.74) is 6.21. The van der Waals surface area contributed by atoms with Gasteiger partial charge in [-0.15, -0.1) is 10.2 Å². The van der Waals surface area contributed by atoms with Crippen LogP contribution in [0.15, 0.2) is 28.6 Å². The lowest BCUT2D eigenvalue weighted by atomic mass is 10.2. The number of hydrogen-bond donors (Lipinski definition) is 2. The fourth-order valence-corrected chi connectivity index (χ4v) is 3.01. The van der Waals surface area contributed by atoms with Crippen molar-refractivity contribution in [1.29, 1.82) is 0 Å². The molecular weight excluding hydrogens is 324 g/mol. The van der Waals surface area contributed by atoms with Gasteiger partial charge in [-0.25, -0.2) is 4.79 Å². The Balaban J connectivity index is 1.97. The summed E-state index contributed by atoms with van der Waals surface area (Å²) in [5, 5.41) is 10.5. The Kier molecular flexibility index (Phi) is 5.73. The van der Waals surface area contributed by atoms with Crippen LogP contribution in [0.25, 0.3) is 0 Å². The Morgan fingerprint density at radius 2 is 2.14 bits per heavy atom. The minimum absolute atomic E-state index is 0.145. The average Bonchev–Trinajstić information content (AvgIpc) is 2.91. The van der Waals surface area contributed by atoms with Gasteiger partial charge in [-0.1, -0.05) is 35.2 Å². The largest absolute Gasteiger partial charge is 0.462 e. The quantitative estimate of drug-likeness (QED) is 0.613. The summed E-state index contributed by atoms with van der Waals surface area (Å²) in [6.07, 6.45) is 0. The number of rotatable bonds is 6. The molecule has 1 aromatic heterocycles. The van der Waals surface area contributed by atoms with Gasteiger partial charge in [-0.05, 0) is 19.1 Å². The molecule has 22 heavy (non-hydrogen) atoms. The van der Waals surface area contributed by atoms with E-state index >= 15 is 0 Å². The van der Waals surface area contributed by atoms with Gasteiger partial charge in [0.1, 0.15) is 0 Å². The summed E-state index contributed by atoms with van der Waals surface area (Å²) >= 11 is 2.44. The van der Waals surface area contributed by atoms with E-state index in [1.54, 1.807) is 31.2 Å². The number of anilines is 2. The smallest absolute Gasteiger partial charge is 0.340 e. The second-order valence-corrected chi connectivity index (χ2v) is 6.24. The van der Waals surface area contributed by atoms with E-state index in [0.717, 1.165) is 0 Å². The van der Waals surface area contributed by atoms with Crippen LogP contribution in [0.1, 0.15) is 17.3 Å². The molecule has 9 heteroatoms. The third kappa shape index (κ3) is 4.43. The highest BCUT2D eigenvalue weighted by Crippen LogP contribution is 2.24. The number of amides is 1. The number of benzene rings is 1. The maximum Gasteiger partial charge on any atom is 0.340 e. The van der Waals surface area contributed by atoms with Crippen LogP contribution in [0.4, 0.5) is 10.8 Å². The molecule has 0 radical (unpaired) electrons. The van der Waals surface area contributed by atoms with Gasteiger partial charge in [-0.2, -0.15) is 0 Å². The Labute approximate surface area is 135 Å². The Hall–Kier alpha value is -2.13. The Morgan fingerprint density at radius 3 is 2.82 bits per heavy atom. The third-order valence-corrected chi connectivity index (χ3v) is 4.33. The summed E-state index contributed by atoms with van der Waals surface area (Å²) in [6.45, 7) is 2.00.